The molecule has 5 heteroatoms. The molecule has 0 N–H and O–H groups in total. The highest BCUT2D eigenvalue weighted by molar-refractivity contribution is 6.13. The van der Waals surface area contributed by atoms with Crippen molar-refractivity contribution < 1.29 is 13.9 Å². The summed E-state index contributed by atoms with van der Waals surface area (Å²) in [6.07, 6.45) is 5.00. The fraction of sp³-hybridized carbons (Fsp3) is 0.300. The van der Waals surface area contributed by atoms with Gasteiger partial charge in [-0.3, -0.25) is 4.79 Å². The minimum atomic E-state index is -0.290. The van der Waals surface area contributed by atoms with E-state index < -0.39 is 0 Å². The van der Waals surface area contributed by atoms with Gasteiger partial charge in [-0.15, -0.1) is 0 Å². The minimum Gasteiger partial charge on any atom is -0.378 e. The smallest absolute Gasteiger partial charge is 0.189 e. The topological polar surface area (TPSA) is 42.4 Å². The number of aryl methyl sites for hydroxylation is 1. The van der Waals surface area contributed by atoms with E-state index >= 15 is 0 Å². The van der Waals surface area contributed by atoms with Gasteiger partial charge in [-0.25, -0.2) is 9.37 Å². The number of allylic oxidation sites excluding steroid dienone is 1. The number of morpholine rings is 1. The Morgan fingerprint density at radius 3 is 2.72 bits per heavy atom. The molecule has 2 aliphatic rings. The highest BCUT2D eigenvalue weighted by Gasteiger charge is 2.22. The van der Waals surface area contributed by atoms with Crippen LogP contribution in [-0.2, 0) is 11.2 Å². The van der Waals surface area contributed by atoms with E-state index in [1.54, 1.807) is 12.3 Å². The summed E-state index contributed by atoms with van der Waals surface area (Å²) in [5.74, 6) is 0.627. The third kappa shape index (κ3) is 3.33. The fourth-order valence-electron chi connectivity index (χ4n) is 3.35. The monoisotopic (exact) mass is 338 g/mol. The quantitative estimate of drug-likeness (QED) is 0.788. The van der Waals surface area contributed by atoms with Crippen molar-refractivity contribution in [1.29, 1.82) is 0 Å². The number of hydrogen-bond donors (Lipinski definition) is 0. The number of hydrogen-bond acceptors (Lipinski definition) is 4. The van der Waals surface area contributed by atoms with E-state index in [1.807, 2.05) is 18.2 Å². The first-order valence-corrected chi connectivity index (χ1v) is 8.53. The van der Waals surface area contributed by atoms with Gasteiger partial charge < -0.3 is 9.64 Å². The number of benzene rings is 1. The van der Waals surface area contributed by atoms with Crippen LogP contribution in [0.25, 0.3) is 6.08 Å². The maximum atomic E-state index is 13.3. The van der Waals surface area contributed by atoms with Crippen LogP contribution < -0.4 is 4.90 Å². The number of aromatic nitrogens is 1. The Morgan fingerprint density at radius 1 is 1.12 bits per heavy atom. The Kier molecular flexibility index (Phi) is 4.32. The number of nitrogens with zero attached hydrogens (tertiary/aromatic N) is 2. The van der Waals surface area contributed by atoms with Crippen LogP contribution in [0.4, 0.5) is 10.2 Å². The number of carbonyl (C=O) groups is 1. The molecular weight excluding hydrogens is 319 g/mol. The molecule has 1 saturated heterocycles. The van der Waals surface area contributed by atoms with E-state index in [0.717, 1.165) is 48.8 Å². The van der Waals surface area contributed by atoms with Gasteiger partial charge in [-0.05, 0) is 60.4 Å². The summed E-state index contributed by atoms with van der Waals surface area (Å²) in [5.41, 5.74) is 3.06. The van der Waals surface area contributed by atoms with Crippen molar-refractivity contribution in [3.63, 3.8) is 0 Å². The lowest BCUT2D eigenvalue weighted by Gasteiger charge is -2.27. The van der Waals surface area contributed by atoms with Crippen LogP contribution in [0.15, 0.2) is 42.1 Å². The fourth-order valence-corrected chi connectivity index (χ4v) is 3.35. The van der Waals surface area contributed by atoms with E-state index in [9.17, 15) is 9.18 Å². The zero-order chi connectivity index (χ0) is 17.2. The number of fused-ring (bicyclic) bond motifs is 1. The first-order chi connectivity index (χ1) is 12.2. The van der Waals surface area contributed by atoms with Crippen LogP contribution in [0, 0.1) is 5.82 Å². The molecule has 0 amide bonds. The molecular formula is C20H19FN2O2. The van der Waals surface area contributed by atoms with Crippen molar-refractivity contribution >= 4 is 17.7 Å². The van der Waals surface area contributed by atoms with Gasteiger partial charge in [0.2, 0.25) is 0 Å². The largest absolute Gasteiger partial charge is 0.378 e. The summed E-state index contributed by atoms with van der Waals surface area (Å²) in [4.78, 5) is 19.3. The average Bonchev–Trinajstić information content (AvgIpc) is 2.65. The maximum absolute atomic E-state index is 13.3. The summed E-state index contributed by atoms with van der Waals surface area (Å²) in [6.45, 7) is 3.14. The van der Waals surface area contributed by atoms with Gasteiger partial charge in [0.15, 0.2) is 5.78 Å². The van der Waals surface area contributed by atoms with Gasteiger partial charge in [-0.1, -0.05) is 0 Å². The second-order valence-corrected chi connectivity index (χ2v) is 6.35. The Morgan fingerprint density at radius 2 is 1.96 bits per heavy atom. The van der Waals surface area contributed by atoms with Crippen molar-refractivity contribution in [2.45, 2.75) is 12.8 Å². The van der Waals surface area contributed by atoms with E-state index in [2.05, 4.69) is 9.88 Å². The van der Waals surface area contributed by atoms with Crippen LogP contribution in [0.3, 0.4) is 0 Å². The van der Waals surface area contributed by atoms with E-state index in [1.165, 1.54) is 12.1 Å². The number of pyridine rings is 1. The molecule has 128 valence electrons. The summed E-state index contributed by atoms with van der Waals surface area (Å²) in [5, 5.41) is 0. The SMILES string of the molecule is O=C1/C(=C/c2ccc(N3CCOCC3)nc2)CCc2cc(F)ccc21. The summed E-state index contributed by atoms with van der Waals surface area (Å²) < 4.78 is 18.7. The second-order valence-electron chi connectivity index (χ2n) is 6.35. The summed E-state index contributed by atoms with van der Waals surface area (Å²) in [7, 11) is 0. The first kappa shape index (κ1) is 16.0. The molecule has 4 rings (SSSR count). The van der Waals surface area contributed by atoms with Gasteiger partial charge in [0.25, 0.3) is 0 Å². The number of ether oxygens (including phenoxy) is 1. The minimum absolute atomic E-state index is 0.0153. The Bertz CT molecular complexity index is 824. The summed E-state index contributed by atoms with van der Waals surface area (Å²) >= 11 is 0. The zero-order valence-corrected chi connectivity index (χ0v) is 13.9. The Labute approximate surface area is 145 Å². The Balaban J connectivity index is 1.54. The highest BCUT2D eigenvalue weighted by Crippen LogP contribution is 2.27. The number of Topliss-reactive ketones (excluding diaryl/α,β-unsaturated/α-hetero) is 1. The van der Waals surface area contributed by atoms with Gasteiger partial charge in [-0.2, -0.15) is 0 Å². The van der Waals surface area contributed by atoms with E-state index in [0.29, 0.717) is 18.4 Å². The zero-order valence-electron chi connectivity index (χ0n) is 13.9. The third-order valence-electron chi connectivity index (χ3n) is 4.71. The lowest BCUT2D eigenvalue weighted by molar-refractivity contribution is 0.102. The number of rotatable bonds is 2. The van der Waals surface area contributed by atoms with Crippen LogP contribution in [0.1, 0.15) is 27.9 Å². The lowest BCUT2D eigenvalue weighted by atomic mass is 9.86. The van der Waals surface area contributed by atoms with Crippen LogP contribution >= 0.6 is 0 Å². The van der Waals surface area contributed by atoms with Gasteiger partial charge in [0, 0.05) is 30.4 Å². The van der Waals surface area contributed by atoms with Gasteiger partial charge >= 0.3 is 0 Å². The number of ketones is 1. The number of halogens is 1. The van der Waals surface area contributed by atoms with E-state index in [-0.39, 0.29) is 11.6 Å². The second kappa shape index (κ2) is 6.76. The molecule has 25 heavy (non-hydrogen) atoms. The molecule has 0 atom stereocenters. The normalized spacial score (nSPS) is 19.2. The predicted molar refractivity (Wildman–Crippen MR) is 94.3 cm³/mol. The van der Waals surface area contributed by atoms with Crippen LogP contribution in [0.2, 0.25) is 0 Å². The van der Waals surface area contributed by atoms with Crippen molar-refractivity contribution in [1.82, 2.24) is 4.98 Å². The van der Waals surface area contributed by atoms with Crippen molar-refractivity contribution in [3.05, 3.63) is 64.6 Å². The molecule has 0 unspecified atom stereocenters. The molecule has 0 bridgehead atoms. The predicted octanol–water partition coefficient (Wildman–Crippen LogP) is 3.27. The molecule has 1 aromatic heterocycles. The standard InChI is InChI=1S/C20H19FN2O2/c21-17-4-5-18-15(12-17)2-3-16(20(18)24)11-14-1-6-19(22-13-14)23-7-9-25-10-8-23/h1,4-6,11-13H,2-3,7-10H2/b16-11+. The molecule has 1 aliphatic heterocycles. The Hall–Kier alpha value is -2.53. The maximum Gasteiger partial charge on any atom is 0.189 e. The molecule has 1 aliphatic carbocycles. The molecule has 1 aromatic carbocycles. The summed E-state index contributed by atoms with van der Waals surface area (Å²) in [6, 6.07) is 8.35. The molecule has 2 aromatic rings. The molecule has 0 saturated carbocycles. The van der Waals surface area contributed by atoms with Crippen molar-refractivity contribution in [2.75, 3.05) is 31.2 Å². The molecule has 0 radical (unpaired) electrons. The molecule has 1 fully saturated rings. The highest BCUT2D eigenvalue weighted by atomic mass is 19.1. The van der Waals surface area contributed by atoms with Gasteiger partial charge in [0.1, 0.15) is 11.6 Å². The first-order valence-electron chi connectivity index (χ1n) is 8.53. The van der Waals surface area contributed by atoms with Crippen molar-refractivity contribution in [2.24, 2.45) is 0 Å². The third-order valence-corrected chi connectivity index (χ3v) is 4.71. The molecule has 0 spiro atoms. The van der Waals surface area contributed by atoms with Gasteiger partial charge in [0.05, 0.1) is 13.2 Å². The van der Waals surface area contributed by atoms with E-state index in [4.69, 9.17) is 4.74 Å². The lowest BCUT2D eigenvalue weighted by Crippen LogP contribution is -2.36. The van der Waals surface area contributed by atoms with Crippen LogP contribution in [-0.4, -0.2) is 37.1 Å². The average molecular weight is 338 g/mol. The van der Waals surface area contributed by atoms with Crippen molar-refractivity contribution in [3.8, 4) is 0 Å². The molecule has 2 heterocycles. The van der Waals surface area contributed by atoms with Crippen LogP contribution in [0.5, 0.6) is 0 Å². The molecule has 4 nitrogen and oxygen atoms in total. The number of carbonyl (C=O) groups excluding carboxylic acids is 1. The number of anilines is 1.